The molecule has 1 aliphatic carbocycles. The predicted molar refractivity (Wildman–Crippen MR) is 193 cm³/mol. The van der Waals surface area contributed by atoms with Crippen molar-refractivity contribution in [1.29, 1.82) is 0 Å². The van der Waals surface area contributed by atoms with Gasteiger partial charge < -0.3 is 9.13 Å². The molecule has 0 atom stereocenters. The summed E-state index contributed by atoms with van der Waals surface area (Å²) in [7, 11) is 0. The van der Waals surface area contributed by atoms with Crippen LogP contribution in [0.5, 0.6) is 0 Å². The van der Waals surface area contributed by atoms with Gasteiger partial charge in [-0.1, -0.05) is 84.9 Å². The van der Waals surface area contributed by atoms with Gasteiger partial charge in [0.25, 0.3) is 0 Å². The molecule has 0 bridgehead atoms. The van der Waals surface area contributed by atoms with Crippen LogP contribution in [0.3, 0.4) is 0 Å². The zero-order valence-electron chi connectivity index (χ0n) is 25.2. The Kier molecular flexibility index (Phi) is 5.40. The largest absolute Gasteiger partial charge is 0.309 e. The fourth-order valence-electron chi connectivity index (χ4n) is 7.76. The Labute approximate surface area is 266 Å². The summed E-state index contributed by atoms with van der Waals surface area (Å²) >= 11 is 0. The highest BCUT2D eigenvalue weighted by Crippen LogP contribution is 2.40. The summed E-state index contributed by atoms with van der Waals surface area (Å²) in [5.41, 5.74) is 12.3. The molecule has 0 spiro atoms. The number of nitrogens with zero attached hydrogens (tertiary/aromatic N) is 3. The minimum Gasteiger partial charge on any atom is -0.309 e. The number of fused-ring (bicyclic) bond motifs is 9. The number of hydrogen-bond acceptors (Lipinski definition) is 1. The van der Waals surface area contributed by atoms with E-state index in [1.807, 2.05) is 12.3 Å². The average Bonchev–Trinajstić information content (AvgIpc) is 3.64. The van der Waals surface area contributed by atoms with Crippen LogP contribution in [0.2, 0.25) is 0 Å². The molecule has 0 amide bonds. The van der Waals surface area contributed by atoms with Gasteiger partial charge in [0, 0.05) is 44.5 Å². The maximum absolute atomic E-state index is 4.86. The molecule has 46 heavy (non-hydrogen) atoms. The van der Waals surface area contributed by atoms with Crippen molar-refractivity contribution in [1.82, 2.24) is 14.1 Å². The number of benzene rings is 6. The van der Waals surface area contributed by atoms with Gasteiger partial charge in [-0.25, -0.2) is 0 Å². The van der Waals surface area contributed by atoms with Crippen molar-refractivity contribution in [2.45, 2.75) is 12.8 Å². The summed E-state index contributed by atoms with van der Waals surface area (Å²) in [6.45, 7) is 0. The Morgan fingerprint density at radius 2 is 1.28 bits per heavy atom. The standard InChI is InChI=1S/C43H29N3/c1-2-12-32(13-3-1)45-37-16-6-4-14-33(37)35-26-30(21-23-39(35)45)31-22-24-40-36(27-31)34-15-5-7-17-38(34)46(40)41-18-8-10-28-19-20-29-11-9-25-44-43(29)42(28)41/h1-4,6-14,16-27H,5,15H2. The molecule has 0 saturated heterocycles. The molecule has 0 fully saturated rings. The lowest BCUT2D eigenvalue weighted by atomic mass is 9.97. The lowest BCUT2D eigenvalue weighted by Crippen LogP contribution is -2.01. The van der Waals surface area contributed by atoms with Crippen LogP contribution < -0.4 is 0 Å². The molecule has 0 aliphatic heterocycles. The minimum absolute atomic E-state index is 1.03. The average molecular weight is 588 g/mol. The molecule has 1 aliphatic rings. The van der Waals surface area contributed by atoms with E-state index < -0.39 is 0 Å². The fraction of sp³-hybridized carbons (Fsp3) is 0.0465. The smallest absolute Gasteiger partial charge is 0.0801 e. The zero-order chi connectivity index (χ0) is 30.2. The quantitative estimate of drug-likeness (QED) is 0.189. The van der Waals surface area contributed by atoms with E-state index in [1.54, 1.807) is 0 Å². The summed E-state index contributed by atoms with van der Waals surface area (Å²) in [6, 6.07) is 48.6. The molecule has 3 nitrogen and oxygen atoms in total. The van der Waals surface area contributed by atoms with Gasteiger partial charge in [-0.05, 0) is 95.6 Å². The second kappa shape index (κ2) is 9.79. The lowest BCUT2D eigenvalue weighted by Gasteiger charge is -2.15. The Bertz CT molecular complexity index is 2690. The zero-order valence-corrected chi connectivity index (χ0v) is 25.2. The van der Waals surface area contributed by atoms with Crippen LogP contribution in [-0.2, 0) is 6.42 Å². The van der Waals surface area contributed by atoms with E-state index in [4.69, 9.17) is 4.98 Å². The number of hydrogen-bond donors (Lipinski definition) is 0. The van der Waals surface area contributed by atoms with Crippen LogP contribution in [0.15, 0.2) is 146 Å². The highest BCUT2D eigenvalue weighted by molar-refractivity contribution is 6.12. The van der Waals surface area contributed by atoms with Gasteiger partial charge in [-0.2, -0.15) is 0 Å². The molecule has 9 aromatic rings. The molecular formula is C43H29N3. The second-order valence-electron chi connectivity index (χ2n) is 12.3. The Balaban J connectivity index is 1.20. The first-order valence-corrected chi connectivity index (χ1v) is 16.0. The van der Waals surface area contributed by atoms with Crippen LogP contribution in [0.1, 0.15) is 17.7 Å². The predicted octanol–water partition coefficient (Wildman–Crippen LogP) is 11.1. The van der Waals surface area contributed by atoms with Gasteiger partial charge in [0.05, 0.1) is 27.8 Å². The van der Waals surface area contributed by atoms with Crippen molar-refractivity contribution in [2.24, 2.45) is 0 Å². The topological polar surface area (TPSA) is 22.8 Å². The lowest BCUT2D eigenvalue weighted by molar-refractivity contribution is 0.970. The van der Waals surface area contributed by atoms with Gasteiger partial charge in [0.15, 0.2) is 0 Å². The molecule has 0 N–H and O–H groups in total. The van der Waals surface area contributed by atoms with Crippen molar-refractivity contribution < 1.29 is 0 Å². The van der Waals surface area contributed by atoms with Crippen LogP contribution in [0.25, 0.3) is 83.0 Å². The van der Waals surface area contributed by atoms with Gasteiger partial charge in [0.1, 0.15) is 0 Å². The van der Waals surface area contributed by atoms with Crippen LogP contribution in [0.4, 0.5) is 0 Å². The normalized spacial score (nSPS) is 13.0. The molecule has 0 saturated carbocycles. The van der Waals surface area contributed by atoms with Crippen molar-refractivity contribution in [3.63, 3.8) is 0 Å². The molecule has 0 unspecified atom stereocenters. The van der Waals surface area contributed by atoms with E-state index in [0.717, 1.165) is 23.7 Å². The third-order valence-electron chi connectivity index (χ3n) is 9.80. The summed E-state index contributed by atoms with van der Waals surface area (Å²) in [5, 5.41) is 7.44. The highest BCUT2D eigenvalue weighted by Gasteiger charge is 2.21. The molecule has 10 rings (SSSR count). The number of pyridine rings is 1. The van der Waals surface area contributed by atoms with Gasteiger partial charge in [-0.15, -0.1) is 0 Å². The van der Waals surface area contributed by atoms with Gasteiger partial charge >= 0.3 is 0 Å². The summed E-state index contributed by atoms with van der Waals surface area (Å²) < 4.78 is 4.85. The Morgan fingerprint density at radius 1 is 0.543 bits per heavy atom. The highest BCUT2D eigenvalue weighted by atomic mass is 15.0. The summed E-state index contributed by atoms with van der Waals surface area (Å²) in [4.78, 5) is 4.86. The van der Waals surface area contributed by atoms with E-state index >= 15 is 0 Å². The number of aromatic nitrogens is 3. The van der Waals surface area contributed by atoms with Gasteiger partial charge in [-0.3, -0.25) is 4.98 Å². The molecular weight excluding hydrogens is 558 g/mol. The number of rotatable bonds is 3. The van der Waals surface area contributed by atoms with E-state index in [2.05, 4.69) is 149 Å². The second-order valence-corrected chi connectivity index (χ2v) is 12.3. The first kappa shape index (κ1) is 25.4. The molecule has 216 valence electrons. The maximum atomic E-state index is 4.86. The summed E-state index contributed by atoms with van der Waals surface area (Å²) in [6.07, 6.45) is 8.63. The summed E-state index contributed by atoms with van der Waals surface area (Å²) in [5.74, 6) is 0. The van der Waals surface area contributed by atoms with Crippen molar-refractivity contribution in [3.8, 4) is 22.5 Å². The number of allylic oxidation sites excluding steroid dienone is 1. The first-order valence-electron chi connectivity index (χ1n) is 16.0. The molecule has 0 radical (unpaired) electrons. The Hall–Kier alpha value is -5.93. The Morgan fingerprint density at radius 3 is 2.17 bits per heavy atom. The van der Waals surface area contributed by atoms with Crippen molar-refractivity contribution in [3.05, 3.63) is 157 Å². The van der Waals surface area contributed by atoms with Crippen molar-refractivity contribution in [2.75, 3.05) is 0 Å². The van der Waals surface area contributed by atoms with E-state index in [-0.39, 0.29) is 0 Å². The maximum Gasteiger partial charge on any atom is 0.0801 e. The van der Waals surface area contributed by atoms with E-state index in [1.165, 1.54) is 77.2 Å². The minimum atomic E-state index is 1.03. The molecule has 3 heterocycles. The molecule has 3 aromatic heterocycles. The van der Waals surface area contributed by atoms with E-state index in [0.29, 0.717) is 0 Å². The number of para-hydroxylation sites is 2. The molecule has 3 heteroatoms. The third-order valence-corrected chi connectivity index (χ3v) is 9.80. The first-order chi connectivity index (χ1) is 22.8. The van der Waals surface area contributed by atoms with Crippen LogP contribution >= 0.6 is 0 Å². The third kappa shape index (κ3) is 3.63. The van der Waals surface area contributed by atoms with Gasteiger partial charge in [0.2, 0.25) is 0 Å². The monoisotopic (exact) mass is 587 g/mol. The number of aryl methyl sites for hydroxylation is 1. The SMILES string of the molecule is C1=Cc2c(c3cc(-c4ccc5c(c4)c4ccccc4n5-c4ccccc4)ccc3n2-c2cccc3ccc4cccnc4c23)CC1. The van der Waals surface area contributed by atoms with Crippen LogP contribution in [0, 0.1) is 0 Å². The molecule has 6 aromatic carbocycles. The van der Waals surface area contributed by atoms with Crippen molar-refractivity contribution >= 4 is 60.5 Å². The van der Waals surface area contributed by atoms with E-state index in [9.17, 15) is 0 Å². The van der Waals surface area contributed by atoms with Crippen LogP contribution in [-0.4, -0.2) is 14.1 Å². The fourth-order valence-corrected chi connectivity index (χ4v) is 7.76.